The maximum Gasteiger partial charge on any atom is 0.242 e. The Labute approximate surface area is 159 Å². The molecule has 5 rings (SSSR count). The van der Waals surface area contributed by atoms with Crippen LogP contribution in [0.25, 0.3) is 0 Å². The van der Waals surface area contributed by atoms with Gasteiger partial charge in [-0.1, -0.05) is 36.4 Å². The summed E-state index contributed by atoms with van der Waals surface area (Å²) >= 11 is 0. The third kappa shape index (κ3) is 2.40. The average Bonchev–Trinajstić information content (AvgIpc) is 3.37. The van der Waals surface area contributed by atoms with Crippen molar-refractivity contribution in [2.45, 2.75) is 31.7 Å². The highest BCUT2D eigenvalue weighted by Crippen LogP contribution is 2.52. The highest BCUT2D eigenvalue weighted by atomic mass is 16.2. The first-order valence-electron chi connectivity index (χ1n) is 9.93. The predicted molar refractivity (Wildman–Crippen MR) is 99.3 cm³/mol. The molecule has 1 saturated heterocycles. The number of imide groups is 1. The fraction of sp³-hybridized carbons (Fsp3) is 0.500. The highest BCUT2D eigenvalue weighted by molar-refractivity contribution is 6.08. The Balaban J connectivity index is 1.33. The van der Waals surface area contributed by atoms with Crippen LogP contribution in [-0.4, -0.2) is 41.1 Å². The minimum atomic E-state index is -0.235. The number of hydrogen-bond acceptors (Lipinski definition) is 3. The molecule has 4 aliphatic rings. The molecule has 3 aliphatic carbocycles. The van der Waals surface area contributed by atoms with Gasteiger partial charge in [0.2, 0.25) is 17.7 Å². The van der Waals surface area contributed by atoms with E-state index in [1.165, 1.54) is 16.0 Å². The predicted octanol–water partition coefficient (Wildman–Crippen LogP) is 2.33. The fourth-order valence-corrected chi connectivity index (χ4v) is 5.67. The van der Waals surface area contributed by atoms with E-state index in [9.17, 15) is 14.4 Å². The Kier molecular flexibility index (Phi) is 3.74. The van der Waals surface area contributed by atoms with Crippen molar-refractivity contribution in [3.63, 3.8) is 0 Å². The van der Waals surface area contributed by atoms with Gasteiger partial charge in [0.1, 0.15) is 6.54 Å². The third-order valence-corrected chi connectivity index (χ3v) is 7.05. The van der Waals surface area contributed by atoms with E-state index >= 15 is 0 Å². The number of fused-ring (bicyclic) bond motifs is 6. The molecular formula is C22H24N2O3. The molecule has 1 saturated carbocycles. The van der Waals surface area contributed by atoms with E-state index in [0.717, 1.165) is 25.7 Å². The first-order chi connectivity index (χ1) is 13.1. The van der Waals surface area contributed by atoms with Crippen LogP contribution in [0.4, 0.5) is 0 Å². The van der Waals surface area contributed by atoms with Crippen LogP contribution in [0.2, 0.25) is 0 Å². The molecule has 1 aliphatic heterocycles. The summed E-state index contributed by atoms with van der Waals surface area (Å²) in [5, 5.41) is 0. The molecule has 0 N–H and O–H groups in total. The number of allylic oxidation sites excluding steroid dienone is 2. The van der Waals surface area contributed by atoms with Crippen molar-refractivity contribution in [3.8, 4) is 0 Å². The van der Waals surface area contributed by atoms with E-state index in [0.29, 0.717) is 0 Å². The average molecular weight is 364 g/mol. The second-order valence-electron chi connectivity index (χ2n) is 8.37. The van der Waals surface area contributed by atoms with Gasteiger partial charge in [0.15, 0.2) is 0 Å². The summed E-state index contributed by atoms with van der Waals surface area (Å²) in [6.07, 6.45) is 8.06. The van der Waals surface area contributed by atoms with Crippen LogP contribution in [0, 0.1) is 23.7 Å². The Bertz CT molecular complexity index is 831. The van der Waals surface area contributed by atoms with Crippen LogP contribution in [-0.2, 0) is 20.8 Å². The zero-order valence-electron chi connectivity index (χ0n) is 15.5. The number of carbonyl (C=O) groups is 3. The summed E-state index contributed by atoms with van der Waals surface area (Å²) in [5.41, 5.74) is 2.48. The van der Waals surface area contributed by atoms with Crippen molar-refractivity contribution in [1.29, 1.82) is 0 Å². The number of rotatable bonds is 3. The number of aryl methyl sites for hydroxylation is 1. The molecule has 27 heavy (non-hydrogen) atoms. The number of benzene rings is 1. The number of hydrogen-bond donors (Lipinski definition) is 0. The second-order valence-corrected chi connectivity index (χ2v) is 8.37. The molecular weight excluding hydrogens is 340 g/mol. The number of amides is 3. The van der Waals surface area contributed by atoms with Gasteiger partial charge in [-0.05, 0) is 48.6 Å². The van der Waals surface area contributed by atoms with Gasteiger partial charge in [-0.15, -0.1) is 0 Å². The summed E-state index contributed by atoms with van der Waals surface area (Å²) < 4.78 is 0. The van der Waals surface area contributed by atoms with Crippen LogP contribution in [0.1, 0.15) is 36.4 Å². The summed E-state index contributed by atoms with van der Waals surface area (Å²) in [7, 11) is 1.80. The van der Waals surface area contributed by atoms with Crippen molar-refractivity contribution >= 4 is 17.7 Å². The van der Waals surface area contributed by atoms with Crippen molar-refractivity contribution in [1.82, 2.24) is 9.80 Å². The van der Waals surface area contributed by atoms with Crippen LogP contribution < -0.4 is 0 Å². The topological polar surface area (TPSA) is 57.7 Å². The van der Waals surface area contributed by atoms with Crippen molar-refractivity contribution in [3.05, 3.63) is 47.5 Å². The van der Waals surface area contributed by atoms with Gasteiger partial charge in [0.25, 0.3) is 0 Å². The zero-order chi connectivity index (χ0) is 18.7. The van der Waals surface area contributed by atoms with E-state index in [1.807, 2.05) is 12.1 Å². The van der Waals surface area contributed by atoms with E-state index in [2.05, 4.69) is 24.3 Å². The molecule has 1 aromatic rings. The van der Waals surface area contributed by atoms with Crippen molar-refractivity contribution < 1.29 is 14.4 Å². The Morgan fingerprint density at radius 1 is 1.11 bits per heavy atom. The molecule has 140 valence electrons. The minimum absolute atomic E-state index is 0.0209. The molecule has 0 unspecified atom stereocenters. The first kappa shape index (κ1) is 16.7. The summed E-state index contributed by atoms with van der Waals surface area (Å²) in [5.74, 6) is -0.556. The minimum Gasteiger partial charge on any atom is -0.337 e. The monoisotopic (exact) mass is 364 g/mol. The second kappa shape index (κ2) is 6.04. The standard InChI is InChI=1S/C22H24N2O3/c1-23(17-8-4-6-13-5-2-3-7-16(13)17)18(25)12-24-21(26)19-14-9-10-15(11-14)20(19)22(24)27/h2-3,5,7,9-10,14-15,17,19-20H,4,6,8,11-12H2,1H3/t14-,15-,17-,19-,20+/m0/s1. The zero-order valence-corrected chi connectivity index (χ0v) is 15.5. The molecule has 5 heteroatoms. The molecule has 2 fully saturated rings. The highest BCUT2D eigenvalue weighted by Gasteiger charge is 2.59. The van der Waals surface area contributed by atoms with Gasteiger partial charge >= 0.3 is 0 Å². The molecule has 5 nitrogen and oxygen atoms in total. The molecule has 0 spiro atoms. The number of likely N-dealkylation sites (N-methyl/N-ethyl adjacent to an activating group) is 1. The lowest BCUT2D eigenvalue weighted by Gasteiger charge is -2.34. The molecule has 3 amide bonds. The van der Waals surface area contributed by atoms with Gasteiger partial charge in [-0.25, -0.2) is 0 Å². The summed E-state index contributed by atoms with van der Waals surface area (Å²) in [6.45, 7) is -0.126. The maximum atomic E-state index is 13.0. The summed E-state index contributed by atoms with van der Waals surface area (Å²) in [4.78, 5) is 41.6. The quantitative estimate of drug-likeness (QED) is 0.611. The smallest absolute Gasteiger partial charge is 0.242 e. The lowest BCUT2D eigenvalue weighted by molar-refractivity contribution is -0.147. The molecule has 1 heterocycles. The summed E-state index contributed by atoms with van der Waals surface area (Å²) in [6, 6.07) is 8.27. The molecule has 2 bridgehead atoms. The van der Waals surface area contributed by atoms with Gasteiger partial charge < -0.3 is 4.90 Å². The van der Waals surface area contributed by atoms with E-state index < -0.39 is 0 Å². The maximum absolute atomic E-state index is 13.0. The van der Waals surface area contributed by atoms with Crippen LogP contribution in [0.15, 0.2) is 36.4 Å². The van der Waals surface area contributed by atoms with Gasteiger partial charge in [0, 0.05) is 7.05 Å². The van der Waals surface area contributed by atoms with Gasteiger partial charge in [-0.2, -0.15) is 0 Å². The Morgan fingerprint density at radius 3 is 2.48 bits per heavy atom. The third-order valence-electron chi connectivity index (χ3n) is 7.05. The van der Waals surface area contributed by atoms with Crippen LogP contribution >= 0.6 is 0 Å². The molecule has 1 aromatic carbocycles. The normalized spacial score (nSPS) is 33.4. The number of carbonyl (C=O) groups excluding carboxylic acids is 3. The van der Waals surface area contributed by atoms with Crippen LogP contribution in [0.3, 0.4) is 0 Å². The molecule has 0 aromatic heterocycles. The van der Waals surface area contributed by atoms with E-state index in [-0.39, 0.29) is 54.0 Å². The SMILES string of the molecule is CN(C(=O)CN1C(=O)[C@@H]2[C@H](C1=O)[C@H]1C=C[C@H]2C1)[C@H]1CCCc2ccccc21. The van der Waals surface area contributed by atoms with Gasteiger partial charge in [0.05, 0.1) is 17.9 Å². The fourth-order valence-electron chi connectivity index (χ4n) is 5.67. The van der Waals surface area contributed by atoms with Crippen LogP contribution in [0.5, 0.6) is 0 Å². The van der Waals surface area contributed by atoms with Gasteiger partial charge in [-0.3, -0.25) is 19.3 Å². The number of likely N-dealkylation sites (tertiary alicyclic amines) is 1. The molecule has 0 radical (unpaired) electrons. The largest absolute Gasteiger partial charge is 0.337 e. The molecule has 5 atom stereocenters. The first-order valence-corrected chi connectivity index (χ1v) is 9.93. The number of nitrogens with zero attached hydrogens (tertiary/aromatic N) is 2. The van der Waals surface area contributed by atoms with E-state index in [4.69, 9.17) is 0 Å². The van der Waals surface area contributed by atoms with Crippen molar-refractivity contribution in [2.24, 2.45) is 23.7 Å². The lowest BCUT2D eigenvalue weighted by Crippen LogP contribution is -2.44. The lowest BCUT2D eigenvalue weighted by atomic mass is 9.85. The Hall–Kier alpha value is -2.43. The Morgan fingerprint density at radius 2 is 1.78 bits per heavy atom. The van der Waals surface area contributed by atoms with E-state index in [1.54, 1.807) is 11.9 Å². The van der Waals surface area contributed by atoms with Crippen molar-refractivity contribution in [2.75, 3.05) is 13.6 Å².